The van der Waals surface area contributed by atoms with Crippen molar-refractivity contribution in [2.45, 2.75) is 51.0 Å². The molecule has 2 aliphatic rings. The van der Waals surface area contributed by atoms with Crippen molar-refractivity contribution in [1.29, 1.82) is 0 Å². The van der Waals surface area contributed by atoms with E-state index in [2.05, 4.69) is 12.1 Å². The first-order valence-corrected chi connectivity index (χ1v) is 8.77. The average Bonchev–Trinajstić information content (AvgIpc) is 2.61. The monoisotopic (exact) mass is 301 g/mol. The Labute approximate surface area is 133 Å². The summed E-state index contributed by atoms with van der Waals surface area (Å²) in [6, 6.07) is 10.2. The molecule has 0 bridgehead atoms. The SMILES string of the molecule is O=C(CCC1CCCCC1)N1CCOC(c2ccccc2)C1. The average molecular weight is 301 g/mol. The number of benzene rings is 1. The molecule has 1 heterocycles. The lowest BCUT2D eigenvalue weighted by atomic mass is 9.86. The summed E-state index contributed by atoms with van der Waals surface area (Å²) in [7, 11) is 0. The van der Waals surface area contributed by atoms with Crippen molar-refractivity contribution in [3.05, 3.63) is 35.9 Å². The van der Waals surface area contributed by atoms with Gasteiger partial charge in [0, 0.05) is 13.0 Å². The van der Waals surface area contributed by atoms with Crippen LogP contribution in [-0.4, -0.2) is 30.5 Å². The summed E-state index contributed by atoms with van der Waals surface area (Å²) < 4.78 is 5.84. The van der Waals surface area contributed by atoms with E-state index < -0.39 is 0 Å². The van der Waals surface area contributed by atoms with Gasteiger partial charge in [-0.2, -0.15) is 0 Å². The van der Waals surface area contributed by atoms with Crippen molar-refractivity contribution in [2.75, 3.05) is 19.7 Å². The minimum Gasteiger partial charge on any atom is -0.370 e. The number of rotatable bonds is 4. The van der Waals surface area contributed by atoms with Gasteiger partial charge in [0.05, 0.1) is 13.2 Å². The Morgan fingerprint density at radius 1 is 1.14 bits per heavy atom. The molecular formula is C19H27NO2. The molecule has 1 amide bonds. The molecule has 1 aliphatic heterocycles. The van der Waals surface area contributed by atoms with Gasteiger partial charge in [-0.15, -0.1) is 0 Å². The van der Waals surface area contributed by atoms with E-state index in [-0.39, 0.29) is 6.10 Å². The maximum Gasteiger partial charge on any atom is 0.222 e. The van der Waals surface area contributed by atoms with Gasteiger partial charge >= 0.3 is 0 Å². The van der Waals surface area contributed by atoms with E-state index in [0.29, 0.717) is 25.5 Å². The molecule has 1 aliphatic carbocycles. The molecule has 1 saturated heterocycles. The molecule has 3 heteroatoms. The van der Waals surface area contributed by atoms with Gasteiger partial charge in [-0.25, -0.2) is 0 Å². The summed E-state index contributed by atoms with van der Waals surface area (Å²) in [6.45, 7) is 2.09. The zero-order valence-electron chi connectivity index (χ0n) is 13.4. The number of carbonyl (C=O) groups excluding carboxylic acids is 1. The molecule has 2 fully saturated rings. The molecule has 3 rings (SSSR count). The van der Waals surface area contributed by atoms with Crippen molar-refractivity contribution in [3.63, 3.8) is 0 Å². The Bertz CT molecular complexity index is 468. The highest BCUT2D eigenvalue weighted by atomic mass is 16.5. The zero-order valence-corrected chi connectivity index (χ0v) is 13.4. The maximum absolute atomic E-state index is 12.5. The van der Waals surface area contributed by atoms with Gasteiger partial charge in [0.1, 0.15) is 6.10 Å². The van der Waals surface area contributed by atoms with Crippen LogP contribution >= 0.6 is 0 Å². The largest absolute Gasteiger partial charge is 0.370 e. The second-order valence-electron chi connectivity index (χ2n) is 6.65. The predicted molar refractivity (Wildman–Crippen MR) is 87.5 cm³/mol. The fraction of sp³-hybridized carbons (Fsp3) is 0.632. The number of amides is 1. The van der Waals surface area contributed by atoms with E-state index >= 15 is 0 Å². The van der Waals surface area contributed by atoms with Crippen LogP contribution in [-0.2, 0) is 9.53 Å². The molecule has 1 aromatic carbocycles. The fourth-order valence-corrected chi connectivity index (χ4v) is 3.71. The maximum atomic E-state index is 12.5. The van der Waals surface area contributed by atoms with Crippen LogP contribution in [0.1, 0.15) is 56.6 Å². The molecule has 3 nitrogen and oxygen atoms in total. The summed E-state index contributed by atoms with van der Waals surface area (Å²) in [5, 5.41) is 0. The summed E-state index contributed by atoms with van der Waals surface area (Å²) in [6.07, 6.45) is 8.56. The van der Waals surface area contributed by atoms with Crippen molar-refractivity contribution in [1.82, 2.24) is 4.90 Å². The normalized spacial score (nSPS) is 23.5. The highest BCUT2D eigenvalue weighted by Gasteiger charge is 2.25. The molecule has 0 spiro atoms. The number of morpholine rings is 1. The van der Waals surface area contributed by atoms with Crippen molar-refractivity contribution >= 4 is 5.91 Å². The lowest BCUT2D eigenvalue weighted by Crippen LogP contribution is -2.42. The quantitative estimate of drug-likeness (QED) is 0.843. The molecule has 0 radical (unpaired) electrons. The number of hydrogen-bond donors (Lipinski definition) is 0. The first kappa shape index (κ1) is 15.5. The second-order valence-corrected chi connectivity index (χ2v) is 6.65. The summed E-state index contributed by atoms with van der Waals surface area (Å²) in [5.74, 6) is 1.10. The van der Waals surface area contributed by atoms with Crippen LogP contribution < -0.4 is 0 Å². The first-order valence-electron chi connectivity index (χ1n) is 8.77. The summed E-state index contributed by atoms with van der Waals surface area (Å²) >= 11 is 0. The second kappa shape index (κ2) is 7.77. The van der Waals surface area contributed by atoms with E-state index in [1.54, 1.807) is 0 Å². The summed E-state index contributed by atoms with van der Waals surface area (Å²) in [5.41, 5.74) is 1.17. The highest BCUT2D eigenvalue weighted by Crippen LogP contribution is 2.28. The van der Waals surface area contributed by atoms with Gasteiger partial charge in [-0.05, 0) is 17.9 Å². The Hall–Kier alpha value is -1.35. The minimum atomic E-state index is 0.0357. The molecule has 0 N–H and O–H groups in total. The number of hydrogen-bond acceptors (Lipinski definition) is 2. The van der Waals surface area contributed by atoms with Crippen molar-refractivity contribution in [2.24, 2.45) is 5.92 Å². The molecular weight excluding hydrogens is 274 g/mol. The minimum absolute atomic E-state index is 0.0357. The molecule has 22 heavy (non-hydrogen) atoms. The third-order valence-corrected chi connectivity index (χ3v) is 5.08. The van der Waals surface area contributed by atoms with Crippen LogP contribution in [0.4, 0.5) is 0 Å². The fourth-order valence-electron chi connectivity index (χ4n) is 3.71. The van der Waals surface area contributed by atoms with Crippen molar-refractivity contribution < 1.29 is 9.53 Å². The third-order valence-electron chi connectivity index (χ3n) is 5.08. The third kappa shape index (κ3) is 4.10. The van der Waals surface area contributed by atoms with E-state index in [9.17, 15) is 4.79 Å². The Morgan fingerprint density at radius 2 is 1.91 bits per heavy atom. The molecule has 1 aromatic rings. The smallest absolute Gasteiger partial charge is 0.222 e. The van der Waals surface area contributed by atoms with Gasteiger partial charge in [-0.1, -0.05) is 62.4 Å². The van der Waals surface area contributed by atoms with E-state index in [0.717, 1.165) is 18.9 Å². The van der Waals surface area contributed by atoms with Crippen molar-refractivity contribution in [3.8, 4) is 0 Å². The van der Waals surface area contributed by atoms with Gasteiger partial charge in [0.15, 0.2) is 0 Å². The van der Waals surface area contributed by atoms with Gasteiger partial charge in [-0.3, -0.25) is 4.79 Å². The lowest BCUT2D eigenvalue weighted by Gasteiger charge is -2.33. The Kier molecular flexibility index (Phi) is 5.49. The lowest BCUT2D eigenvalue weighted by molar-refractivity contribution is -0.139. The van der Waals surface area contributed by atoms with Crippen LogP contribution in [0.5, 0.6) is 0 Å². The standard InChI is InChI=1S/C19H27NO2/c21-19(12-11-16-7-3-1-4-8-16)20-13-14-22-18(15-20)17-9-5-2-6-10-17/h2,5-6,9-10,16,18H,1,3-4,7-8,11-15H2. The molecule has 1 saturated carbocycles. The molecule has 120 valence electrons. The van der Waals surface area contributed by atoms with Gasteiger partial charge in [0.25, 0.3) is 0 Å². The Balaban J connectivity index is 1.49. The van der Waals surface area contributed by atoms with Crippen LogP contribution in [0.3, 0.4) is 0 Å². The van der Waals surface area contributed by atoms with Crippen LogP contribution in [0.15, 0.2) is 30.3 Å². The highest BCUT2D eigenvalue weighted by molar-refractivity contribution is 5.76. The van der Waals surface area contributed by atoms with E-state index in [4.69, 9.17) is 4.74 Å². The van der Waals surface area contributed by atoms with Crippen LogP contribution in [0, 0.1) is 5.92 Å². The molecule has 1 atom stereocenters. The number of nitrogens with zero attached hydrogens (tertiary/aromatic N) is 1. The van der Waals surface area contributed by atoms with E-state index in [1.165, 1.54) is 37.7 Å². The number of carbonyl (C=O) groups is 1. The summed E-state index contributed by atoms with van der Waals surface area (Å²) in [4.78, 5) is 14.5. The van der Waals surface area contributed by atoms with Crippen LogP contribution in [0.25, 0.3) is 0 Å². The van der Waals surface area contributed by atoms with Crippen LogP contribution in [0.2, 0.25) is 0 Å². The Morgan fingerprint density at radius 3 is 2.68 bits per heavy atom. The van der Waals surface area contributed by atoms with Gasteiger partial charge < -0.3 is 9.64 Å². The molecule has 1 unspecified atom stereocenters. The molecule has 0 aromatic heterocycles. The number of ether oxygens (including phenoxy) is 1. The predicted octanol–water partition coefficient (Wildman–Crippen LogP) is 3.95. The first-order chi connectivity index (χ1) is 10.8. The van der Waals surface area contributed by atoms with E-state index in [1.807, 2.05) is 23.1 Å². The zero-order chi connectivity index (χ0) is 15.2. The van der Waals surface area contributed by atoms with Gasteiger partial charge in [0.2, 0.25) is 5.91 Å². The topological polar surface area (TPSA) is 29.5 Å².